The van der Waals surface area contributed by atoms with Crippen LogP contribution in [-0.2, 0) is 4.74 Å². The summed E-state index contributed by atoms with van der Waals surface area (Å²) in [5, 5.41) is 10.7. The molecule has 2 aromatic rings. The lowest BCUT2D eigenvalue weighted by Gasteiger charge is -2.24. The number of rotatable bonds is 6. The highest BCUT2D eigenvalue weighted by Gasteiger charge is 2.23. The van der Waals surface area contributed by atoms with E-state index < -0.39 is 0 Å². The standard InChI is InChI=1S/C19H25FN4O2.ClH/c1-13(18(26-2)14-5-7-15(20)8-6-14)22-19(25)17-9-11-24(23-17)16-4-3-10-21-12-16;/h5-9,11,13,16,18,21H,3-4,10,12H2,1-2H3,(H,22,25);1H. The fraction of sp³-hybridized carbons (Fsp3) is 0.474. The van der Waals surface area contributed by atoms with Crippen molar-refractivity contribution in [3.8, 4) is 0 Å². The molecule has 27 heavy (non-hydrogen) atoms. The maximum absolute atomic E-state index is 13.1. The normalized spacial score (nSPS) is 19.0. The molecule has 148 valence electrons. The van der Waals surface area contributed by atoms with Gasteiger partial charge in [-0.2, -0.15) is 5.10 Å². The molecule has 1 fully saturated rings. The van der Waals surface area contributed by atoms with E-state index in [1.807, 2.05) is 17.8 Å². The Kier molecular flexibility index (Phi) is 7.77. The molecule has 3 unspecified atom stereocenters. The molecule has 3 atom stereocenters. The van der Waals surface area contributed by atoms with Crippen LogP contribution >= 0.6 is 12.4 Å². The molecule has 6 nitrogen and oxygen atoms in total. The average molecular weight is 397 g/mol. The number of ether oxygens (including phenoxy) is 1. The average Bonchev–Trinajstić information content (AvgIpc) is 3.15. The Morgan fingerprint density at radius 1 is 1.37 bits per heavy atom. The van der Waals surface area contributed by atoms with E-state index in [9.17, 15) is 9.18 Å². The van der Waals surface area contributed by atoms with Crippen LogP contribution in [0.25, 0.3) is 0 Å². The maximum atomic E-state index is 13.1. The van der Waals surface area contributed by atoms with Crippen molar-refractivity contribution >= 4 is 18.3 Å². The summed E-state index contributed by atoms with van der Waals surface area (Å²) in [5.74, 6) is -0.549. The first-order valence-electron chi connectivity index (χ1n) is 8.93. The molecule has 3 rings (SSSR count). The van der Waals surface area contributed by atoms with Crippen LogP contribution in [-0.4, -0.2) is 41.9 Å². The van der Waals surface area contributed by atoms with E-state index in [2.05, 4.69) is 15.7 Å². The van der Waals surface area contributed by atoms with E-state index in [0.29, 0.717) is 5.69 Å². The number of carbonyl (C=O) groups is 1. The molecule has 8 heteroatoms. The number of carbonyl (C=O) groups excluding carboxylic acids is 1. The second kappa shape index (κ2) is 9.82. The van der Waals surface area contributed by atoms with Gasteiger partial charge < -0.3 is 15.4 Å². The minimum Gasteiger partial charge on any atom is -0.375 e. The second-order valence-corrected chi connectivity index (χ2v) is 6.65. The molecule has 1 aromatic heterocycles. The minimum absolute atomic E-state index is 0. The Morgan fingerprint density at radius 2 is 2.11 bits per heavy atom. The Labute approximate surface area is 164 Å². The van der Waals surface area contributed by atoms with Crippen molar-refractivity contribution in [2.24, 2.45) is 0 Å². The molecule has 2 N–H and O–H groups in total. The van der Waals surface area contributed by atoms with Gasteiger partial charge in [-0.05, 0) is 50.1 Å². The lowest BCUT2D eigenvalue weighted by Crippen LogP contribution is -2.38. The summed E-state index contributed by atoms with van der Waals surface area (Å²) in [6.45, 7) is 3.76. The number of halogens is 2. The number of amides is 1. The molecular formula is C19H26ClFN4O2. The van der Waals surface area contributed by atoms with Crippen molar-refractivity contribution < 1.29 is 13.9 Å². The molecule has 0 saturated carbocycles. The molecule has 0 spiro atoms. The Hall–Kier alpha value is -1.96. The highest BCUT2D eigenvalue weighted by molar-refractivity contribution is 5.92. The van der Waals surface area contributed by atoms with E-state index in [4.69, 9.17) is 4.74 Å². The number of hydrogen-bond donors (Lipinski definition) is 2. The highest BCUT2D eigenvalue weighted by Crippen LogP contribution is 2.21. The van der Waals surface area contributed by atoms with Crippen LogP contribution in [0.2, 0.25) is 0 Å². The predicted molar refractivity (Wildman–Crippen MR) is 104 cm³/mol. The summed E-state index contributed by atoms with van der Waals surface area (Å²) >= 11 is 0. The van der Waals surface area contributed by atoms with Gasteiger partial charge in [0.25, 0.3) is 5.91 Å². The topological polar surface area (TPSA) is 68.2 Å². The fourth-order valence-electron chi connectivity index (χ4n) is 3.36. The Balaban J connectivity index is 0.00000261. The van der Waals surface area contributed by atoms with Gasteiger partial charge in [-0.25, -0.2) is 4.39 Å². The number of nitrogens with one attached hydrogen (secondary N) is 2. The summed E-state index contributed by atoms with van der Waals surface area (Å²) in [6.07, 6.45) is 3.65. The minimum atomic E-state index is -0.371. The molecule has 1 amide bonds. The number of aromatic nitrogens is 2. The summed E-state index contributed by atoms with van der Waals surface area (Å²) in [7, 11) is 1.57. The third-order valence-corrected chi connectivity index (χ3v) is 4.75. The van der Waals surface area contributed by atoms with Crippen LogP contribution in [0.4, 0.5) is 4.39 Å². The van der Waals surface area contributed by atoms with Crippen molar-refractivity contribution in [2.45, 2.75) is 38.0 Å². The molecule has 1 saturated heterocycles. The largest absolute Gasteiger partial charge is 0.375 e. The third kappa shape index (κ3) is 5.28. The van der Waals surface area contributed by atoms with E-state index in [0.717, 1.165) is 31.5 Å². The summed E-state index contributed by atoms with van der Waals surface area (Å²) in [4.78, 5) is 12.5. The van der Waals surface area contributed by atoms with Crippen LogP contribution in [0.15, 0.2) is 36.5 Å². The van der Waals surface area contributed by atoms with Gasteiger partial charge in [0.15, 0.2) is 0 Å². The molecule has 2 heterocycles. The fourth-order valence-corrected chi connectivity index (χ4v) is 3.36. The zero-order valence-corrected chi connectivity index (χ0v) is 16.3. The van der Waals surface area contributed by atoms with Gasteiger partial charge in [-0.3, -0.25) is 9.48 Å². The van der Waals surface area contributed by atoms with Gasteiger partial charge in [0.2, 0.25) is 0 Å². The molecule has 1 aliphatic rings. The Bertz CT molecular complexity index is 732. The zero-order chi connectivity index (χ0) is 18.5. The predicted octanol–water partition coefficient (Wildman–Crippen LogP) is 2.87. The van der Waals surface area contributed by atoms with E-state index in [1.54, 1.807) is 25.3 Å². The van der Waals surface area contributed by atoms with Crippen LogP contribution in [0.3, 0.4) is 0 Å². The van der Waals surface area contributed by atoms with Gasteiger partial charge in [0.1, 0.15) is 17.6 Å². The monoisotopic (exact) mass is 396 g/mol. The number of methoxy groups -OCH3 is 1. The van der Waals surface area contributed by atoms with Crippen molar-refractivity contribution in [2.75, 3.05) is 20.2 Å². The van der Waals surface area contributed by atoms with Crippen LogP contribution in [0.1, 0.15) is 48.0 Å². The first-order valence-corrected chi connectivity index (χ1v) is 8.93. The summed E-state index contributed by atoms with van der Waals surface area (Å²) < 4.78 is 20.5. The van der Waals surface area contributed by atoms with Gasteiger partial charge >= 0.3 is 0 Å². The molecule has 0 aliphatic carbocycles. The molecule has 1 aromatic carbocycles. The Morgan fingerprint density at radius 3 is 2.74 bits per heavy atom. The van der Waals surface area contributed by atoms with Crippen LogP contribution in [0.5, 0.6) is 0 Å². The third-order valence-electron chi connectivity index (χ3n) is 4.75. The van der Waals surface area contributed by atoms with Crippen molar-refractivity contribution in [3.05, 3.63) is 53.6 Å². The van der Waals surface area contributed by atoms with Gasteiger partial charge in [-0.15, -0.1) is 12.4 Å². The lowest BCUT2D eigenvalue weighted by atomic mass is 10.0. The number of hydrogen-bond acceptors (Lipinski definition) is 4. The van der Waals surface area contributed by atoms with E-state index in [-0.39, 0.29) is 42.3 Å². The maximum Gasteiger partial charge on any atom is 0.272 e. The van der Waals surface area contributed by atoms with Gasteiger partial charge in [-0.1, -0.05) is 12.1 Å². The number of benzene rings is 1. The first-order chi connectivity index (χ1) is 12.6. The summed E-state index contributed by atoms with van der Waals surface area (Å²) in [5.41, 5.74) is 1.19. The first kappa shape index (κ1) is 21.3. The molecule has 1 aliphatic heterocycles. The zero-order valence-electron chi connectivity index (χ0n) is 15.5. The van der Waals surface area contributed by atoms with E-state index in [1.165, 1.54) is 12.1 Å². The van der Waals surface area contributed by atoms with E-state index >= 15 is 0 Å². The quantitative estimate of drug-likeness (QED) is 0.787. The van der Waals surface area contributed by atoms with Crippen LogP contribution < -0.4 is 10.6 Å². The lowest BCUT2D eigenvalue weighted by molar-refractivity contribution is 0.0641. The van der Waals surface area contributed by atoms with Gasteiger partial charge in [0.05, 0.1) is 12.1 Å². The SMILES string of the molecule is COC(c1ccc(F)cc1)C(C)NC(=O)c1ccn(C2CCCNC2)n1.Cl. The second-order valence-electron chi connectivity index (χ2n) is 6.65. The smallest absolute Gasteiger partial charge is 0.272 e. The van der Waals surface area contributed by atoms with Crippen molar-refractivity contribution in [3.63, 3.8) is 0 Å². The van der Waals surface area contributed by atoms with Gasteiger partial charge in [0, 0.05) is 19.9 Å². The van der Waals surface area contributed by atoms with Crippen molar-refractivity contribution in [1.82, 2.24) is 20.4 Å². The molecule has 0 radical (unpaired) electrons. The summed E-state index contributed by atoms with van der Waals surface area (Å²) in [6, 6.07) is 7.82. The number of nitrogens with zero attached hydrogens (tertiary/aromatic N) is 2. The van der Waals surface area contributed by atoms with Crippen molar-refractivity contribution in [1.29, 1.82) is 0 Å². The highest BCUT2D eigenvalue weighted by atomic mass is 35.5. The molecule has 0 bridgehead atoms. The van der Waals surface area contributed by atoms with Crippen LogP contribution in [0, 0.1) is 5.82 Å². The molecular weight excluding hydrogens is 371 g/mol. The number of piperidine rings is 1.